The van der Waals surface area contributed by atoms with Gasteiger partial charge in [0.15, 0.2) is 5.58 Å². The highest BCUT2D eigenvalue weighted by atomic mass is 79.9. The number of oxazole rings is 1. The van der Waals surface area contributed by atoms with Gasteiger partial charge in [0.1, 0.15) is 5.52 Å². The quantitative estimate of drug-likeness (QED) is 0.499. The number of carbonyl (C=O) groups is 1. The molecule has 4 rings (SSSR count). The second-order valence-electron chi connectivity index (χ2n) is 5.53. The third kappa shape index (κ3) is 3.32. The zero-order chi connectivity index (χ0) is 17.2. The molecular weight excluding hydrogens is 380 g/mol. The number of amides is 1. The van der Waals surface area contributed by atoms with E-state index in [-0.39, 0.29) is 5.91 Å². The van der Waals surface area contributed by atoms with Gasteiger partial charge in [0.25, 0.3) is 5.91 Å². The molecule has 0 saturated heterocycles. The van der Waals surface area contributed by atoms with Crippen LogP contribution in [0, 0.1) is 0 Å². The van der Waals surface area contributed by atoms with E-state index in [1.54, 1.807) is 18.2 Å². The van der Waals surface area contributed by atoms with Gasteiger partial charge in [0, 0.05) is 27.4 Å². The Bertz CT molecular complexity index is 1060. The third-order valence-corrected chi connectivity index (χ3v) is 4.25. The molecule has 5 heteroatoms. The van der Waals surface area contributed by atoms with Gasteiger partial charge < -0.3 is 9.73 Å². The Labute approximate surface area is 152 Å². The van der Waals surface area contributed by atoms with Gasteiger partial charge in [-0.25, -0.2) is 4.98 Å². The van der Waals surface area contributed by atoms with Gasteiger partial charge >= 0.3 is 0 Å². The third-order valence-electron chi connectivity index (χ3n) is 3.75. The SMILES string of the molecule is O=C(Nc1ccc2nc(-c3ccccc3)oc2c1)c1cccc(Br)c1. The Morgan fingerprint density at radius 1 is 0.960 bits per heavy atom. The first-order valence-corrected chi connectivity index (χ1v) is 8.51. The minimum atomic E-state index is -0.177. The number of nitrogens with zero attached hydrogens (tertiary/aromatic N) is 1. The molecule has 0 saturated carbocycles. The Hall–Kier alpha value is -2.92. The van der Waals surface area contributed by atoms with Gasteiger partial charge in [0.2, 0.25) is 5.89 Å². The highest BCUT2D eigenvalue weighted by Crippen LogP contribution is 2.26. The van der Waals surface area contributed by atoms with E-state index in [0.29, 0.717) is 22.7 Å². The summed E-state index contributed by atoms with van der Waals surface area (Å²) in [6, 6.07) is 22.4. The van der Waals surface area contributed by atoms with Crippen LogP contribution in [0.5, 0.6) is 0 Å². The lowest BCUT2D eigenvalue weighted by atomic mass is 10.2. The van der Waals surface area contributed by atoms with E-state index in [1.807, 2.05) is 54.6 Å². The van der Waals surface area contributed by atoms with Crippen molar-refractivity contribution >= 4 is 38.6 Å². The second kappa shape index (κ2) is 6.53. The lowest BCUT2D eigenvalue weighted by molar-refractivity contribution is 0.102. The van der Waals surface area contributed by atoms with Crippen LogP contribution in [0.3, 0.4) is 0 Å². The molecule has 0 atom stereocenters. The lowest BCUT2D eigenvalue weighted by Crippen LogP contribution is -2.11. The van der Waals surface area contributed by atoms with E-state index in [0.717, 1.165) is 15.6 Å². The maximum absolute atomic E-state index is 12.4. The molecule has 1 N–H and O–H groups in total. The first-order valence-electron chi connectivity index (χ1n) is 7.72. The maximum atomic E-state index is 12.4. The molecule has 0 aliphatic carbocycles. The Kier molecular flexibility index (Phi) is 4.07. The molecule has 0 radical (unpaired) electrons. The van der Waals surface area contributed by atoms with Crippen molar-refractivity contribution in [3.63, 3.8) is 0 Å². The number of fused-ring (bicyclic) bond motifs is 1. The summed E-state index contributed by atoms with van der Waals surface area (Å²) in [7, 11) is 0. The second-order valence-corrected chi connectivity index (χ2v) is 6.45. The van der Waals surface area contributed by atoms with Crippen molar-refractivity contribution in [2.24, 2.45) is 0 Å². The molecule has 0 aliphatic heterocycles. The van der Waals surface area contributed by atoms with Crippen molar-refractivity contribution in [2.75, 3.05) is 5.32 Å². The highest BCUT2D eigenvalue weighted by Gasteiger charge is 2.11. The van der Waals surface area contributed by atoms with Gasteiger partial charge in [-0.15, -0.1) is 0 Å². The molecular formula is C20H13BrN2O2. The van der Waals surface area contributed by atoms with Gasteiger partial charge in [-0.05, 0) is 42.5 Å². The maximum Gasteiger partial charge on any atom is 0.255 e. The summed E-state index contributed by atoms with van der Waals surface area (Å²) in [6.45, 7) is 0. The van der Waals surface area contributed by atoms with Crippen molar-refractivity contribution in [3.8, 4) is 11.5 Å². The number of benzene rings is 3. The van der Waals surface area contributed by atoms with Gasteiger partial charge in [0.05, 0.1) is 0 Å². The molecule has 0 fully saturated rings. The average molecular weight is 393 g/mol. The van der Waals surface area contributed by atoms with Gasteiger partial charge in [-0.2, -0.15) is 0 Å². The average Bonchev–Trinajstić information content (AvgIpc) is 3.06. The van der Waals surface area contributed by atoms with E-state index in [2.05, 4.69) is 26.2 Å². The molecule has 25 heavy (non-hydrogen) atoms. The number of carbonyl (C=O) groups excluding carboxylic acids is 1. The van der Waals surface area contributed by atoms with E-state index in [4.69, 9.17) is 4.42 Å². The number of hydrogen-bond donors (Lipinski definition) is 1. The van der Waals surface area contributed by atoms with Crippen molar-refractivity contribution in [1.82, 2.24) is 4.98 Å². The molecule has 1 amide bonds. The van der Waals surface area contributed by atoms with Crippen molar-refractivity contribution in [2.45, 2.75) is 0 Å². The first-order chi connectivity index (χ1) is 12.2. The molecule has 0 aliphatic rings. The van der Waals surface area contributed by atoms with Crippen molar-refractivity contribution < 1.29 is 9.21 Å². The van der Waals surface area contributed by atoms with Crippen LogP contribution in [0.1, 0.15) is 10.4 Å². The smallest absolute Gasteiger partial charge is 0.255 e. The van der Waals surface area contributed by atoms with E-state index in [1.165, 1.54) is 0 Å². The number of anilines is 1. The van der Waals surface area contributed by atoms with Crippen molar-refractivity contribution in [1.29, 1.82) is 0 Å². The topological polar surface area (TPSA) is 55.1 Å². The molecule has 0 bridgehead atoms. The van der Waals surface area contributed by atoms with E-state index >= 15 is 0 Å². The highest BCUT2D eigenvalue weighted by molar-refractivity contribution is 9.10. The molecule has 0 unspecified atom stereocenters. The Morgan fingerprint density at radius 2 is 1.80 bits per heavy atom. The molecule has 122 valence electrons. The Balaban J connectivity index is 1.62. The summed E-state index contributed by atoms with van der Waals surface area (Å²) in [5, 5.41) is 2.88. The molecule has 0 spiro atoms. The zero-order valence-corrected chi connectivity index (χ0v) is 14.7. The fourth-order valence-corrected chi connectivity index (χ4v) is 2.94. The normalized spacial score (nSPS) is 10.8. The predicted octanol–water partition coefficient (Wildman–Crippen LogP) is 5.51. The largest absolute Gasteiger partial charge is 0.436 e. The van der Waals surface area contributed by atoms with Crippen LogP contribution in [0.15, 0.2) is 81.7 Å². The molecule has 3 aromatic carbocycles. The first kappa shape index (κ1) is 15.6. The van der Waals surface area contributed by atoms with Gasteiger partial charge in [-0.1, -0.05) is 40.2 Å². The number of halogens is 1. The lowest BCUT2D eigenvalue weighted by Gasteiger charge is -2.05. The van der Waals surface area contributed by atoms with Crippen LogP contribution in [-0.2, 0) is 0 Å². The monoisotopic (exact) mass is 392 g/mol. The summed E-state index contributed by atoms with van der Waals surface area (Å²) >= 11 is 3.37. The summed E-state index contributed by atoms with van der Waals surface area (Å²) < 4.78 is 6.69. The predicted molar refractivity (Wildman–Crippen MR) is 102 cm³/mol. The number of nitrogens with one attached hydrogen (secondary N) is 1. The van der Waals surface area contributed by atoms with E-state index in [9.17, 15) is 4.79 Å². The summed E-state index contributed by atoms with van der Waals surface area (Å²) in [5.74, 6) is 0.384. The molecule has 1 heterocycles. The van der Waals surface area contributed by atoms with E-state index < -0.39 is 0 Å². The van der Waals surface area contributed by atoms with Crippen molar-refractivity contribution in [3.05, 3.63) is 82.8 Å². The van der Waals surface area contributed by atoms with Gasteiger partial charge in [-0.3, -0.25) is 4.79 Å². The fourth-order valence-electron chi connectivity index (χ4n) is 2.54. The summed E-state index contributed by atoms with van der Waals surface area (Å²) in [5.41, 5.74) is 3.54. The van der Waals surface area contributed by atoms with Crippen LogP contribution in [0.4, 0.5) is 5.69 Å². The van der Waals surface area contributed by atoms with Crippen LogP contribution in [0.25, 0.3) is 22.6 Å². The van der Waals surface area contributed by atoms with Crippen LogP contribution >= 0.6 is 15.9 Å². The summed E-state index contributed by atoms with van der Waals surface area (Å²) in [6.07, 6.45) is 0. The zero-order valence-electron chi connectivity index (χ0n) is 13.1. The minimum absolute atomic E-state index is 0.177. The minimum Gasteiger partial charge on any atom is -0.436 e. The molecule has 1 aromatic heterocycles. The Morgan fingerprint density at radius 3 is 2.60 bits per heavy atom. The van der Waals surface area contributed by atoms with Crippen LogP contribution in [-0.4, -0.2) is 10.9 Å². The number of hydrogen-bond acceptors (Lipinski definition) is 3. The molecule has 4 nitrogen and oxygen atoms in total. The number of aromatic nitrogens is 1. The van der Waals surface area contributed by atoms with Crippen LogP contribution in [0.2, 0.25) is 0 Å². The number of rotatable bonds is 3. The summed E-state index contributed by atoms with van der Waals surface area (Å²) in [4.78, 5) is 16.8. The van der Waals surface area contributed by atoms with Crippen LogP contribution < -0.4 is 5.32 Å². The molecule has 4 aromatic rings. The standard InChI is InChI=1S/C20H13BrN2O2/c21-15-8-4-7-14(11-15)19(24)22-16-9-10-17-18(12-16)25-20(23-17)13-5-2-1-3-6-13/h1-12H,(H,22,24). The fraction of sp³-hybridized carbons (Fsp3) is 0.